The number of anilines is 1. The lowest BCUT2D eigenvalue weighted by Gasteiger charge is -2.02. The molecule has 0 aliphatic carbocycles. The molecule has 100 valence electrons. The van der Waals surface area contributed by atoms with Crippen LogP contribution in [0, 0.1) is 6.92 Å². The van der Waals surface area contributed by atoms with Crippen molar-refractivity contribution in [3.05, 3.63) is 56.5 Å². The lowest BCUT2D eigenvalue weighted by Crippen LogP contribution is -2.13. The van der Waals surface area contributed by atoms with Gasteiger partial charge in [0.05, 0.1) is 11.4 Å². The van der Waals surface area contributed by atoms with Crippen molar-refractivity contribution in [3.63, 3.8) is 0 Å². The summed E-state index contributed by atoms with van der Waals surface area (Å²) in [5.74, 6) is -0.181. The van der Waals surface area contributed by atoms with E-state index in [-0.39, 0.29) is 5.91 Å². The van der Waals surface area contributed by atoms with Crippen molar-refractivity contribution in [2.24, 2.45) is 4.99 Å². The number of hydrogen-bond donors (Lipinski definition) is 1. The molecule has 0 spiro atoms. The first-order chi connectivity index (χ1) is 9.54. The molecule has 3 rings (SSSR count). The van der Waals surface area contributed by atoms with Gasteiger partial charge in [0.2, 0.25) is 0 Å². The SMILES string of the molecule is Cc1ccc(N=C2C(=O)Nc3c(Br)cc(Br)cc32)cc1. The molecule has 2 aromatic rings. The first-order valence-electron chi connectivity index (χ1n) is 6.01. The van der Waals surface area contributed by atoms with Gasteiger partial charge in [-0.15, -0.1) is 0 Å². The maximum Gasteiger partial charge on any atom is 0.275 e. The van der Waals surface area contributed by atoms with E-state index < -0.39 is 0 Å². The van der Waals surface area contributed by atoms with Gasteiger partial charge in [-0.05, 0) is 47.1 Å². The van der Waals surface area contributed by atoms with Crippen LogP contribution in [0.15, 0.2) is 50.3 Å². The Bertz CT molecular complexity index is 736. The van der Waals surface area contributed by atoms with Crippen molar-refractivity contribution in [1.82, 2.24) is 0 Å². The normalized spacial score (nSPS) is 15.3. The number of aryl methyl sites for hydroxylation is 1. The predicted molar refractivity (Wildman–Crippen MR) is 87.8 cm³/mol. The number of carbonyl (C=O) groups excluding carboxylic acids is 1. The van der Waals surface area contributed by atoms with E-state index in [1.165, 1.54) is 0 Å². The summed E-state index contributed by atoms with van der Waals surface area (Å²) in [7, 11) is 0. The molecule has 0 saturated heterocycles. The molecule has 0 aromatic heterocycles. The molecule has 0 radical (unpaired) electrons. The van der Waals surface area contributed by atoms with Gasteiger partial charge in [-0.3, -0.25) is 4.79 Å². The summed E-state index contributed by atoms with van der Waals surface area (Å²) in [6.07, 6.45) is 0. The van der Waals surface area contributed by atoms with E-state index >= 15 is 0 Å². The average Bonchev–Trinajstić information content (AvgIpc) is 2.70. The topological polar surface area (TPSA) is 41.5 Å². The molecule has 5 heteroatoms. The third-order valence-corrected chi connectivity index (χ3v) is 4.12. The maximum atomic E-state index is 12.1. The lowest BCUT2D eigenvalue weighted by molar-refractivity contribution is -0.110. The van der Waals surface area contributed by atoms with Crippen LogP contribution in [0.1, 0.15) is 11.1 Å². The Balaban J connectivity index is 2.12. The molecule has 1 aliphatic rings. The van der Waals surface area contributed by atoms with E-state index in [0.29, 0.717) is 5.71 Å². The van der Waals surface area contributed by atoms with E-state index in [4.69, 9.17) is 0 Å². The fraction of sp³-hybridized carbons (Fsp3) is 0.0667. The monoisotopic (exact) mass is 392 g/mol. The number of nitrogens with zero attached hydrogens (tertiary/aromatic N) is 1. The number of rotatable bonds is 1. The van der Waals surface area contributed by atoms with Crippen LogP contribution in [-0.2, 0) is 4.79 Å². The third kappa shape index (κ3) is 2.43. The molecule has 2 aromatic carbocycles. The maximum absolute atomic E-state index is 12.1. The van der Waals surface area contributed by atoms with Gasteiger partial charge in [0.25, 0.3) is 5.91 Å². The molecule has 0 fully saturated rings. The first-order valence-corrected chi connectivity index (χ1v) is 7.59. The van der Waals surface area contributed by atoms with Crippen molar-refractivity contribution in [2.45, 2.75) is 6.92 Å². The molecule has 20 heavy (non-hydrogen) atoms. The number of hydrogen-bond acceptors (Lipinski definition) is 2. The highest BCUT2D eigenvalue weighted by atomic mass is 79.9. The first kappa shape index (κ1) is 13.5. The largest absolute Gasteiger partial charge is 0.319 e. The van der Waals surface area contributed by atoms with E-state index in [0.717, 1.165) is 31.4 Å². The fourth-order valence-corrected chi connectivity index (χ4v) is 3.37. The molecule has 1 amide bonds. The van der Waals surface area contributed by atoms with Crippen LogP contribution >= 0.6 is 31.9 Å². The molecule has 1 N–H and O–H groups in total. The van der Waals surface area contributed by atoms with Crippen molar-refractivity contribution in [1.29, 1.82) is 0 Å². The Hall–Kier alpha value is -1.46. The zero-order chi connectivity index (χ0) is 14.3. The molecule has 0 atom stereocenters. The number of benzene rings is 2. The van der Waals surface area contributed by atoms with Gasteiger partial charge in [-0.25, -0.2) is 4.99 Å². The smallest absolute Gasteiger partial charge is 0.275 e. The number of amides is 1. The highest BCUT2D eigenvalue weighted by Crippen LogP contribution is 2.35. The molecule has 0 saturated carbocycles. The third-order valence-electron chi connectivity index (χ3n) is 3.04. The van der Waals surface area contributed by atoms with E-state index in [2.05, 4.69) is 42.2 Å². The second-order valence-electron chi connectivity index (χ2n) is 4.56. The summed E-state index contributed by atoms with van der Waals surface area (Å²) in [5, 5.41) is 2.84. The minimum absolute atomic E-state index is 0.181. The van der Waals surface area contributed by atoms with Gasteiger partial charge in [0.15, 0.2) is 0 Å². The number of nitrogens with one attached hydrogen (secondary N) is 1. The Morgan fingerprint density at radius 1 is 1.10 bits per heavy atom. The predicted octanol–water partition coefficient (Wildman–Crippen LogP) is 4.59. The van der Waals surface area contributed by atoms with Gasteiger partial charge < -0.3 is 5.32 Å². The Kier molecular flexibility index (Phi) is 3.48. The second kappa shape index (κ2) is 5.14. The van der Waals surface area contributed by atoms with Gasteiger partial charge in [0.1, 0.15) is 5.71 Å². The van der Waals surface area contributed by atoms with E-state index in [9.17, 15) is 4.79 Å². The minimum Gasteiger partial charge on any atom is -0.319 e. The van der Waals surface area contributed by atoms with Gasteiger partial charge in [-0.2, -0.15) is 0 Å². The van der Waals surface area contributed by atoms with Gasteiger partial charge in [-0.1, -0.05) is 33.6 Å². The summed E-state index contributed by atoms with van der Waals surface area (Å²) < 4.78 is 1.74. The van der Waals surface area contributed by atoms with Gasteiger partial charge >= 0.3 is 0 Å². The van der Waals surface area contributed by atoms with Crippen molar-refractivity contribution >= 4 is 54.9 Å². The Morgan fingerprint density at radius 2 is 1.80 bits per heavy atom. The summed E-state index contributed by atoms with van der Waals surface area (Å²) >= 11 is 6.88. The van der Waals surface area contributed by atoms with Crippen LogP contribution in [0.5, 0.6) is 0 Å². The summed E-state index contributed by atoms with van der Waals surface area (Å²) in [6.45, 7) is 2.02. The van der Waals surface area contributed by atoms with Gasteiger partial charge in [0, 0.05) is 14.5 Å². The zero-order valence-corrected chi connectivity index (χ0v) is 13.7. The van der Waals surface area contributed by atoms with Crippen LogP contribution in [0.2, 0.25) is 0 Å². The zero-order valence-electron chi connectivity index (χ0n) is 10.6. The highest BCUT2D eigenvalue weighted by Gasteiger charge is 2.28. The molecular weight excluding hydrogens is 384 g/mol. The van der Waals surface area contributed by atoms with Crippen molar-refractivity contribution in [2.75, 3.05) is 5.32 Å². The minimum atomic E-state index is -0.181. The van der Waals surface area contributed by atoms with Crippen LogP contribution in [0.25, 0.3) is 0 Å². The number of halogens is 2. The second-order valence-corrected chi connectivity index (χ2v) is 6.33. The Morgan fingerprint density at radius 3 is 2.50 bits per heavy atom. The molecular formula is C15H10Br2N2O. The van der Waals surface area contributed by atoms with Crippen molar-refractivity contribution < 1.29 is 4.79 Å². The van der Waals surface area contributed by atoms with Crippen molar-refractivity contribution in [3.8, 4) is 0 Å². The summed E-state index contributed by atoms with van der Waals surface area (Å²) in [5.41, 5.74) is 3.94. The highest BCUT2D eigenvalue weighted by molar-refractivity contribution is 9.11. The molecule has 1 heterocycles. The number of carbonyl (C=O) groups is 1. The number of fused-ring (bicyclic) bond motifs is 1. The van der Waals surface area contributed by atoms with Crippen LogP contribution in [-0.4, -0.2) is 11.6 Å². The molecule has 1 aliphatic heterocycles. The van der Waals surface area contributed by atoms with E-state index in [1.807, 2.05) is 43.3 Å². The standard InChI is InChI=1S/C15H10Br2N2O/c1-8-2-4-10(5-3-8)18-14-11-6-9(16)7-12(17)13(11)19-15(14)20/h2-7H,1H3,(H,18,19,20). The number of aliphatic imine (C=N–C) groups is 1. The summed E-state index contributed by atoms with van der Waals surface area (Å²) in [4.78, 5) is 16.6. The quantitative estimate of drug-likeness (QED) is 0.756. The lowest BCUT2D eigenvalue weighted by atomic mass is 10.1. The molecule has 3 nitrogen and oxygen atoms in total. The average molecular weight is 394 g/mol. The van der Waals surface area contributed by atoms with E-state index in [1.54, 1.807) is 0 Å². The summed E-state index contributed by atoms with van der Waals surface area (Å²) in [6, 6.07) is 11.5. The molecule has 0 bridgehead atoms. The van der Waals surface area contributed by atoms with Crippen LogP contribution in [0.3, 0.4) is 0 Å². The molecule has 0 unspecified atom stereocenters. The van der Waals surface area contributed by atoms with Crippen LogP contribution < -0.4 is 5.32 Å². The van der Waals surface area contributed by atoms with Crippen LogP contribution in [0.4, 0.5) is 11.4 Å². The Labute approximate surface area is 133 Å². The fourth-order valence-electron chi connectivity index (χ4n) is 2.04.